The van der Waals surface area contributed by atoms with E-state index >= 15 is 0 Å². The molecule has 0 aliphatic heterocycles. The van der Waals surface area contributed by atoms with Gasteiger partial charge in [0.1, 0.15) is 0 Å². The predicted octanol–water partition coefficient (Wildman–Crippen LogP) is 1.32. The minimum atomic E-state index is 0.142. The highest BCUT2D eigenvalue weighted by Crippen LogP contribution is 1.99. The molecule has 0 unspecified atom stereocenters. The zero-order valence-corrected chi connectivity index (χ0v) is 8.49. The summed E-state index contributed by atoms with van der Waals surface area (Å²) in [4.78, 5) is 10.5. The number of hydrogen-bond acceptors (Lipinski definition) is 4. The molecule has 0 spiro atoms. The molecule has 0 saturated heterocycles. The third-order valence-corrected chi connectivity index (χ3v) is 1.89. The quantitative estimate of drug-likeness (QED) is 0.570. The van der Waals surface area contributed by atoms with Crippen molar-refractivity contribution >= 4 is 16.9 Å². The van der Waals surface area contributed by atoms with Gasteiger partial charge in [-0.25, -0.2) is 0 Å². The molecular formula is C8H16O3S. The van der Waals surface area contributed by atoms with E-state index in [1.807, 2.05) is 6.92 Å². The molecule has 0 aromatic rings. The number of hydrogen-bond donors (Lipinski definition) is 0. The summed E-state index contributed by atoms with van der Waals surface area (Å²) in [7, 11) is 0. The van der Waals surface area contributed by atoms with Crippen LogP contribution in [0.1, 0.15) is 13.8 Å². The fraction of sp³-hybridized carbons (Fsp3) is 0.875. The van der Waals surface area contributed by atoms with Crippen LogP contribution in [-0.2, 0) is 14.3 Å². The van der Waals surface area contributed by atoms with Crippen molar-refractivity contribution in [3.8, 4) is 0 Å². The second-order valence-corrected chi connectivity index (χ2v) is 3.42. The summed E-state index contributed by atoms with van der Waals surface area (Å²) >= 11 is 1.29. The first kappa shape index (κ1) is 11.9. The van der Waals surface area contributed by atoms with Gasteiger partial charge in [0.05, 0.1) is 19.8 Å². The van der Waals surface area contributed by atoms with Crippen LogP contribution in [-0.4, -0.2) is 37.3 Å². The topological polar surface area (TPSA) is 35.5 Å². The Balaban J connectivity index is 2.86. The SMILES string of the molecule is CCOCCOCCSC(C)=O. The second-order valence-electron chi connectivity index (χ2n) is 2.15. The summed E-state index contributed by atoms with van der Waals surface area (Å²) in [5.41, 5.74) is 0. The Morgan fingerprint density at radius 1 is 1.25 bits per heavy atom. The average molecular weight is 192 g/mol. The van der Waals surface area contributed by atoms with E-state index in [4.69, 9.17) is 9.47 Å². The highest BCUT2D eigenvalue weighted by Gasteiger charge is 1.93. The number of carbonyl (C=O) groups is 1. The van der Waals surface area contributed by atoms with E-state index in [0.29, 0.717) is 19.8 Å². The lowest BCUT2D eigenvalue weighted by molar-refractivity contribution is -0.109. The standard InChI is InChI=1S/C8H16O3S/c1-3-10-4-5-11-6-7-12-8(2)9/h3-7H2,1-2H3. The lowest BCUT2D eigenvalue weighted by Gasteiger charge is -2.02. The van der Waals surface area contributed by atoms with Crippen molar-refractivity contribution in [2.75, 3.05) is 32.2 Å². The highest BCUT2D eigenvalue weighted by molar-refractivity contribution is 8.13. The van der Waals surface area contributed by atoms with Crippen LogP contribution < -0.4 is 0 Å². The Hall–Kier alpha value is -0.0600. The van der Waals surface area contributed by atoms with Crippen LogP contribution in [0.25, 0.3) is 0 Å². The van der Waals surface area contributed by atoms with Gasteiger partial charge >= 0.3 is 0 Å². The molecule has 72 valence electrons. The maximum absolute atomic E-state index is 10.5. The van der Waals surface area contributed by atoms with Crippen molar-refractivity contribution in [1.29, 1.82) is 0 Å². The van der Waals surface area contributed by atoms with E-state index in [-0.39, 0.29) is 5.12 Å². The van der Waals surface area contributed by atoms with Gasteiger partial charge in [-0.2, -0.15) is 0 Å². The van der Waals surface area contributed by atoms with Crippen LogP contribution >= 0.6 is 11.8 Å². The summed E-state index contributed by atoms with van der Waals surface area (Å²) in [6, 6.07) is 0. The van der Waals surface area contributed by atoms with Gasteiger partial charge in [-0.15, -0.1) is 0 Å². The van der Waals surface area contributed by atoms with Gasteiger partial charge in [0.2, 0.25) is 0 Å². The molecule has 0 aliphatic rings. The van der Waals surface area contributed by atoms with E-state index in [9.17, 15) is 4.79 Å². The number of ether oxygens (including phenoxy) is 2. The van der Waals surface area contributed by atoms with Gasteiger partial charge < -0.3 is 9.47 Å². The summed E-state index contributed by atoms with van der Waals surface area (Å²) in [5, 5.41) is 0.142. The van der Waals surface area contributed by atoms with Gasteiger partial charge in [-0.3, -0.25) is 4.79 Å². The Kier molecular flexibility index (Phi) is 8.99. The van der Waals surface area contributed by atoms with E-state index < -0.39 is 0 Å². The normalized spacial score (nSPS) is 10.2. The molecule has 0 N–H and O–H groups in total. The molecule has 0 rings (SSSR count). The van der Waals surface area contributed by atoms with Crippen LogP contribution in [0.2, 0.25) is 0 Å². The van der Waals surface area contributed by atoms with Crippen molar-refractivity contribution in [3.05, 3.63) is 0 Å². The average Bonchev–Trinajstić information content (AvgIpc) is 2.02. The fourth-order valence-electron chi connectivity index (χ4n) is 0.609. The molecule has 0 saturated carbocycles. The van der Waals surface area contributed by atoms with E-state index in [1.54, 1.807) is 6.92 Å². The molecule has 0 fully saturated rings. The first-order chi connectivity index (χ1) is 5.77. The molecule has 3 nitrogen and oxygen atoms in total. The van der Waals surface area contributed by atoms with Crippen LogP contribution in [0.5, 0.6) is 0 Å². The molecule has 0 aromatic heterocycles. The Morgan fingerprint density at radius 2 is 1.92 bits per heavy atom. The van der Waals surface area contributed by atoms with Gasteiger partial charge in [-0.1, -0.05) is 11.8 Å². The summed E-state index contributed by atoms with van der Waals surface area (Å²) < 4.78 is 10.3. The number of rotatable bonds is 7. The van der Waals surface area contributed by atoms with Gasteiger partial charge in [-0.05, 0) is 6.92 Å². The maximum Gasteiger partial charge on any atom is 0.185 e. The maximum atomic E-state index is 10.5. The molecule has 0 aromatic carbocycles. The van der Waals surface area contributed by atoms with Crippen LogP contribution in [0.3, 0.4) is 0 Å². The second kappa shape index (κ2) is 9.03. The highest BCUT2D eigenvalue weighted by atomic mass is 32.2. The molecule has 0 heterocycles. The summed E-state index contributed by atoms with van der Waals surface area (Å²) in [5.74, 6) is 0.738. The predicted molar refractivity (Wildman–Crippen MR) is 50.5 cm³/mol. The van der Waals surface area contributed by atoms with Crippen LogP contribution in [0.4, 0.5) is 0 Å². The molecule has 0 radical (unpaired) electrons. The smallest absolute Gasteiger partial charge is 0.185 e. The van der Waals surface area contributed by atoms with Crippen molar-refractivity contribution in [3.63, 3.8) is 0 Å². The molecular weight excluding hydrogens is 176 g/mol. The Morgan fingerprint density at radius 3 is 2.50 bits per heavy atom. The largest absolute Gasteiger partial charge is 0.379 e. The fourth-order valence-corrected chi connectivity index (χ4v) is 1.10. The monoisotopic (exact) mass is 192 g/mol. The zero-order chi connectivity index (χ0) is 9.23. The van der Waals surface area contributed by atoms with E-state index in [0.717, 1.165) is 12.4 Å². The van der Waals surface area contributed by atoms with E-state index in [2.05, 4.69) is 0 Å². The van der Waals surface area contributed by atoms with Gasteiger partial charge in [0.25, 0.3) is 0 Å². The van der Waals surface area contributed by atoms with Gasteiger partial charge in [0, 0.05) is 19.3 Å². The number of thioether (sulfide) groups is 1. The van der Waals surface area contributed by atoms with Crippen LogP contribution in [0, 0.1) is 0 Å². The molecule has 12 heavy (non-hydrogen) atoms. The van der Waals surface area contributed by atoms with E-state index in [1.165, 1.54) is 11.8 Å². The summed E-state index contributed by atoms with van der Waals surface area (Å²) in [6.45, 7) is 6.12. The summed E-state index contributed by atoms with van der Waals surface area (Å²) in [6.07, 6.45) is 0. The van der Waals surface area contributed by atoms with Crippen molar-refractivity contribution in [2.45, 2.75) is 13.8 Å². The van der Waals surface area contributed by atoms with Crippen molar-refractivity contribution in [1.82, 2.24) is 0 Å². The molecule has 0 amide bonds. The first-order valence-electron chi connectivity index (χ1n) is 4.06. The van der Waals surface area contributed by atoms with Crippen molar-refractivity contribution in [2.24, 2.45) is 0 Å². The Bertz CT molecular complexity index is 117. The lowest BCUT2D eigenvalue weighted by Crippen LogP contribution is -2.06. The minimum absolute atomic E-state index is 0.142. The molecule has 4 heteroatoms. The van der Waals surface area contributed by atoms with Crippen LogP contribution in [0.15, 0.2) is 0 Å². The third kappa shape index (κ3) is 9.94. The van der Waals surface area contributed by atoms with Crippen molar-refractivity contribution < 1.29 is 14.3 Å². The number of carbonyl (C=O) groups excluding carboxylic acids is 1. The molecule has 0 aliphatic carbocycles. The molecule has 0 bridgehead atoms. The van der Waals surface area contributed by atoms with Gasteiger partial charge in [0.15, 0.2) is 5.12 Å². The first-order valence-corrected chi connectivity index (χ1v) is 5.04. The Labute approximate surface area is 77.8 Å². The molecule has 0 atom stereocenters. The third-order valence-electron chi connectivity index (χ3n) is 1.11. The minimum Gasteiger partial charge on any atom is -0.379 e. The lowest BCUT2D eigenvalue weighted by atomic mass is 10.7. The zero-order valence-electron chi connectivity index (χ0n) is 7.67.